The zero-order valence-electron chi connectivity index (χ0n) is 21.0. The van der Waals surface area contributed by atoms with Gasteiger partial charge in [0, 0.05) is 11.8 Å². The Morgan fingerprint density at radius 2 is 1.72 bits per heavy atom. The molecule has 0 amide bonds. The Kier molecular flexibility index (Phi) is 6.94. The molecular formula is C29H44O3. The lowest BCUT2D eigenvalue weighted by molar-refractivity contribution is -0.242. The van der Waals surface area contributed by atoms with Crippen LogP contribution >= 0.6 is 0 Å². The highest BCUT2D eigenvalue weighted by Gasteiger charge is 2.64. The molecule has 5 rings (SSSR count). The van der Waals surface area contributed by atoms with Crippen LogP contribution in [0.3, 0.4) is 0 Å². The molecule has 3 nitrogen and oxygen atoms in total. The maximum absolute atomic E-state index is 13.1. The molecule has 32 heavy (non-hydrogen) atoms. The summed E-state index contributed by atoms with van der Waals surface area (Å²) in [5, 5.41) is 0. The molecule has 0 aromatic heterocycles. The van der Waals surface area contributed by atoms with E-state index in [0.717, 1.165) is 24.5 Å². The molecule has 0 spiro atoms. The molecule has 0 heterocycles. The third-order valence-corrected chi connectivity index (χ3v) is 9.24. The van der Waals surface area contributed by atoms with Gasteiger partial charge in [0.2, 0.25) is 0 Å². The average molecular weight is 441 g/mol. The molecule has 1 aromatic carbocycles. The van der Waals surface area contributed by atoms with Gasteiger partial charge in [0.1, 0.15) is 11.4 Å². The van der Waals surface area contributed by atoms with E-state index in [1.165, 1.54) is 50.5 Å². The zero-order chi connectivity index (χ0) is 22.9. The highest BCUT2D eigenvalue weighted by molar-refractivity contribution is 5.72. The Hall–Kier alpha value is -1.51. The van der Waals surface area contributed by atoms with E-state index >= 15 is 0 Å². The fourth-order valence-electron chi connectivity index (χ4n) is 7.70. The number of carbonyl (C=O) groups is 1. The average Bonchev–Trinajstić information content (AvgIpc) is 2.77. The van der Waals surface area contributed by atoms with E-state index in [-0.39, 0.29) is 18.2 Å². The van der Waals surface area contributed by atoms with Gasteiger partial charge in [0.25, 0.3) is 0 Å². The van der Waals surface area contributed by atoms with Crippen LogP contribution in [0.5, 0.6) is 5.75 Å². The standard InChI is InChI=1S/C29H44O3/c1-6-8-9-21(4)29(24-14-22-15-25(29)18-28(5,16-22)17-24)32-27(30)19-31-26-12-10-23(11-13-26)20(3)7-2/h10-13,20-22,24-25H,6-9,14-19H2,1-5H3. The summed E-state index contributed by atoms with van der Waals surface area (Å²) in [6.07, 6.45) is 11.0. The monoisotopic (exact) mass is 440 g/mol. The van der Waals surface area contributed by atoms with Crippen molar-refractivity contribution in [3.05, 3.63) is 29.8 Å². The number of benzene rings is 1. The molecule has 4 bridgehead atoms. The van der Waals surface area contributed by atoms with Crippen LogP contribution < -0.4 is 4.74 Å². The van der Waals surface area contributed by atoms with Crippen molar-refractivity contribution < 1.29 is 14.3 Å². The normalized spacial score (nSPS) is 34.8. The van der Waals surface area contributed by atoms with Crippen LogP contribution in [0, 0.1) is 29.1 Å². The van der Waals surface area contributed by atoms with Crippen molar-refractivity contribution >= 4 is 5.97 Å². The molecule has 178 valence electrons. The van der Waals surface area contributed by atoms with Gasteiger partial charge in [-0.1, -0.05) is 59.6 Å². The van der Waals surface area contributed by atoms with E-state index in [2.05, 4.69) is 46.8 Å². The molecule has 4 atom stereocenters. The number of rotatable bonds is 10. The molecular weight excluding hydrogens is 396 g/mol. The van der Waals surface area contributed by atoms with Crippen LogP contribution in [-0.4, -0.2) is 18.2 Å². The van der Waals surface area contributed by atoms with Gasteiger partial charge in [-0.05, 0) is 85.8 Å². The van der Waals surface area contributed by atoms with Gasteiger partial charge >= 0.3 is 5.97 Å². The Labute approximate surface area is 195 Å². The molecule has 1 aromatic rings. The minimum Gasteiger partial charge on any atom is -0.482 e. The third kappa shape index (κ3) is 4.46. The van der Waals surface area contributed by atoms with Gasteiger partial charge in [0.05, 0.1) is 0 Å². The van der Waals surface area contributed by atoms with Gasteiger partial charge in [-0.3, -0.25) is 0 Å². The minimum atomic E-state index is -0.285. The van der Waals surface area contributed by atoms with Gasteiger partial charge in [-0.25, -0.2) is 4.79 Å². The summed E-state index contributed by atoms with van der Waals surface area (Å²) in [6, 6.07) is 8.19. The molecule has 4 aliphatic rings. The summed E-state index contributed by atoms with van der Waals surface area (Å²) < 4.78 is 12.4. The van der Waals surface area contributed by atoms with E-state index in [1.807, 2.05) is 12.1 Å². The lowest BCUT2D eigenvalue weighted by atomic mass is 9.43. The number of unbranched alkanes of at least 4 members (excludes halogenated alkanes) is 1. The van der Waals surface area contributed by atoms with Crippen molar-refractivity contribution in [3.8, 4) is 5.75 Å². The quantitative estimate of drug-likeness (QED) is 0.353. The molecule has 0 radical (unpaired) electrons. The summed E-state index contributed by atoms with van der Waals surface area (Å²) in [4.78, 5) is 13.1. The second-order valence-corrected chi connectivity index (χ2v) is 11.7. The third-order valence-electron chi connectivity index (χ3n) is 9.24. The van der Waals surface area contributed by atoms with Crippen molar-refractivity contribution in [2.45, 2.75) is 104 Å². The highest BCUT2D eigenvalue weighted by Crippen LogP contribution is 2.66. The molecule has 4 saturated carbocycles. The van der Waals surface area contributed by atoms with Crippen LogP contribution in [0.25, 0.3) is 0 Å². The van der Waals surface area contributed by atoms with Gasteiger partial charge in [-0.15, -0.1) is 0 Å². The number of hydrogen-bond acceptors (Lipinski definition) is 3. The first-order valence-corrected chi connectivity index (χ1v) is 13.2. The zero-order valence-corrected chi connectivity index (χ0v) is 21.0. The molecule has 3 heteroatoms. The molecule has 4 aliphatic carbocycles. The summed E-state index contributed by atoms with van der Waals surface area (Å²) in [5.41, 5.74) is 1.49. The first-order valence-electron chi connectivity index (χ1n) is 13.2. The highest BCUT2D eigenvalue weighted by atomic mass is 16.6. The molecule has 0 N–H and O–H groups in total. The molecule has 4 fully saturated rings. The van der Waals surface area contributed by atoms with Crippen LogP contribution in [0.15, 0.2) is 24.3 Å². The van der Waals surface area contributed by atoms with E-state index in [4.69, 9.17) is 9.47 Å². The van der Waals surface area contributed by atoms with Gasteiger partial charge in [-0.2, -0.15) is 0 Å². The molecule has 4 unspecified atom stereocenters. The summed E-state index contributed by atoms with van der Waals surface area (Å²) >= 11 is 0. The minimum absolute atomic E-state index is 0.00502. The number of hydrogen-bond donors (Lipinski definition) is 0. The SMILES string of the molecule is CCCCC(C)C1(OC(=O)COc2ccc(C(C)CC)cc2)C2CC3CC1CC(C)(C3)C2. The topological polar surface area (TPSA) is 35.5 Å². The predicted molar refractivity (Wildman–Crippen MR) is 130 cm³/mol. The predicted octanol–water partition coefficient (Wildman–Crippen LogP) is 7.53. The Morgan fingerprint density at radius 3 is 2.28 bits per heavy atom. The fourth-order valence-corrected chi connectivity index (χ4v) is 7.70. The second-order valence-electron chi connectivity index (χ2n) is 11.7. The van der Waals surface area contributed by atoms with E-state index in [9.17, 15) is 4.79 Å². The Morgan fingerprint density at radius 1 is 1.06 bits per heavy atom. The number of esters is 1. The summed E-state index contributed by atoms with van der Waals surface area (Å²) in [5.74, 6) is 3.39. The Bertz CT molecular complexity index is 766. The van der Waals surface area contributed by atoms with Crippen molar-refractivity contribution in [3.63, 3.8) is 0 Å². The first kappa shape index (κ1) is 23.6. The summed E-state index contributed by atoms with van der Waals surface area (Å²) in [7, 11) is 0. The van der Waals surface area contributed by atoms with Crippen LogP contribution in [-0.2, 0) is 9.53 Å². The van der Waals surface area contributed by atoms with Gasteiger partial charge in [0.15, 0.2) is 6.61 Å². The van der Waals surface area contributed by atoms with Crippen molar-refractivity contribution in [1.29, 1.82) is 0 Å². The molecule has 0 aliphatic heterocycles. The number of ether oxygens (including phenoxy) is 2. The smallest absolute Gasteiger partial charge is 0.344 e. The van der Waals surface area contributed by atoms with E-state index in [0.29, 0.717) is 29.1 Å². The van der Waals surface area contributed by atoms with Crippen molar-refractivity contribution in [2.24, 2.45) is 29.1 Å². The lowest BCUT2D eigenvalue weighted by Crippen LogP contribution is -2.65. The largest absolute Gasteiger partial charge is 0.482 e. The van der Waals surface area contributed by atoms with E-state index in [1.54, 1.807) is 0 Å². The first-order chi connectivity index (χ1) is 15.3. The summed E-state index contributed by atoms with van der Waals surface area (Å²) in [6.45, 7) is 11.5. The van der Waals surface area contributed by atoms with Crippen molar-refractivity contribution in [2.75, 3.05) is 6.61 Å². The Balaban J connectivity index is 1.45. The lowest BCUT2D eigenvalue weighted by Gasteiger charge is -2.65. The van der Waals surface area contributed by atoms with Crippen molar-refractivity contribution in [1.82, 2.24) is 0 Å². The van der Waals surface area contributed by atoms with E-state index < -0.39 is 0 Å². The van der Waals surface area contributed by atoms with Crippen LogP contribution in [0.2, 0.25) is 0 Å². The fraction of sp³-hybridized carbons (Fsp3) is 0.759. The number of carbonyl (C=O) groups excluding carboxylic acids is 1. The van der Waals surface area contributed by atoms with Gasteiger partial charge < -0.3 is 9.47 Å². The maximum atomic E-state index is 13.1. The van der Waals surface area contributed by atoms with Crippen LogP contribution in [0.4, 0.5) is 0 Å². The van der Waals surface area contributed by atoms with Crippen LogP contribution in [0.1, 0.15) is 104 Å². The maximum Gasteiger partial charge on any atom is 0.344 e. The molecule has 0 saturated heterocycles. The second kappa shape index (κ2) is 9.39.